The van der Waals surface area contributed by atoms with Gasteiger partial charge in [-0.3, -0.25) is 14.9 Å². The summed E-state index contributed by atoms with van der Waals surface area (Å²) in [5, 5.41) is 10.8. The molecular formula is C11H13FN2O3S. The Kier molecular flexibility index (Phi) is 5.08. The second-order valence-electron chi connectivity index (χ2n) is 3.64. The Bertz CT molecular complexity index is 468. The Hall–Kier alpha value is -1.63. The molecule has 0 spiro atoms. The molecule has 0 unspecified atom stereocenters. The van der Waals surface area contributed by atoms with Crippen LogP contribution in [0.25, 0.3) is 0 Å². The third-order valence-corrected chi connectivity index (χ3v) is 2.95. The van der Waals surface area contributed by atoms with Gasteiger partial charge in [-0.05, 0) is 18.4 Å². The number of rotatable bonds is 5. The second kappa shape index (κ2) is 6.34. The van der Waals surface area contributed by atoms with Gasteiger partial charge in [-0.25, -0.2) is 4.39 Å². The van der Waals surface area contributed by atoms with Crippen molar-refractivity contribution in [1.82, 2.24) is 4.90 Å². The number of benzene rings is 1. The summed E-state index contributed by atoms with van der Waals surface area (Å²) in [4.78, 5) is 23.4. The van der Waals surface area contributed by atoms with Crippen LogP contribution in [0.1, 0.15) is 10.4 Å². The highest BCUT2D eigenvalue weighted by Crippen LogP contribution is 2.21. The number of nitro benzene ring substituents is 1. The number of carbonyl (C=O) groups excluding carboxylic acids is 1. The maximum atomic E-state index is 13.1. The Morgan fingerprint density at radius 2 is 2.22 bits per heavy atom. The Morgan fingerprint density at radius 3 is 2.78 bits per heavy atom. The maximum Gasteiger partial charge on any atom is 0.282 e. The molecule has 98 valence electrons. The van der Waals surface area contributed by atoms with E-state index in [0.717, 1.165) is 18.2 Å². The molecule has 0 saturated carbocycles. The van der Waals surface area contributed by atoms with Crippen LogP contribution in [0.5, 0.6) is 0 Å². The van der Waals surface area contributed by atoms with Gasteiger partial charge in [-0.1, -0.05) is 0 Å². The van der Waals surface area contributed by atoms with Gasteiger partial charge < -0.3 is 4.90 Å². The monoisotopic (exact) mass is 272 g/mol. The first-order valence-corrected chi connectivity index (χ1v) is 6.55. The SMILES string of the molecule is CSCCN(C)C(=O)c1cc(F)ccc1[N+](=O)[O-]. The van der Waals surface area contributed by atoms with E-state index in [1.165, 1.54) is 11.9 Å². The van der Waals surface area contributed by atoms with Crippen LogP contribution in [0.4, 0.5) is 10.1 Å². The van der Waals surface area contributed by atoms with E-state index in [4.69, 9.17) is 0 Å². The van der Waals surface area contributed by atoms with Crippen LogP contribution in [-0.2, 0) is 0 Å². The fraction of sp³-hybridized carbons (Fsp3) is 0.364. The lowest BCUT2D eigenvalue weighted by molar-refractivity contribution is -0.385. The summed E-state index contributed by atoms with van der Waals surface area (Å²) < 4.78 is 13.1. The molecule has 0 aromatic heterocycles. The van der Waals surface area contributed by atoms with Crippen molar-refractivity contribution in [1.29, 1.82) is 0 Å². The number of carbonyl (C=O) groups is 1. The minimum absolute atomic E-state index is 0.219. The third-order valence-electron chi connectivity index (χ3n) is 2.36. The van der Waals surface area contributed by atoms with Gasteiger partial charge in [0.1, 0.15) is 11.4 Å². The number of nitro groups is 1. The maximum absolute atomic E-state index is 13.1. The van der Waals surface area contributed by atoms with Crippen molar-refractivity contribution in [2.24, 2.45) is 0 Å². The summed E-state index contributed by atoms with van der Waals surface area (Å²) in [5.74, 6) is -0.497. The molecule has 0 aliphatic carbocycles. The van der Waals surface area contributed by atoms with Crippen LogP contribution in [0.2, 0.25) is 0 Å². The van der Waals surface area contributed by atoms with Gasteiger partial charge in [0.15, 0.2) is 0 Å². The zero-order valence-corrected chi connectivity index (χ0v) is 10.9. The van der Waals surface area contributed by atoms with Crippen molar-refractivity contribution in [3.8, 4) is 0 Å². The van der Waals surface area contributed by atoms with E-state index in [-0.39, 0.29) is 11.3 Å². The average molecular weight is 272 g/mol. The second-order valence-corrected chi connectivity index (χ2v) is 4.62. The number of halogens is 1. The van der Waals surface area contributed by atoms with Gasteiger partial charge >= 0.3 is 0 Å². The largest absolute Gasteiger partial charge is 0.341 e. The topological polar surface area (TPSA) is 63.5 Å². The molecule has 5 nitrogen and oxygen atoms in total. The van der Waals surface area contributed by atoms with E-state index in [2.05, 4.69) is 0 Å². The Labute approximate surface area is 108 Å². The smallest absolute Gasteiger partial charge is 0.282 e. The van der Waals surface area contributed by atoms with Crippen LogP contribution in [0.15, 0.2) is 18.2 Å². The van der Waals surface area contributed by atoms with Gasteiger partial charge in [0, 0.05) is 25.4 Å². The molecule has 0 heterocycles. The number of thioether (sulfide) groups is 1. The standard InChI is InChI=1S/C11H13FN2O3S/c1-13(5-6-18-2)11(15)9-7-8(12)3-4-10(9)14(16)17/h3-4,7H,5-6H2,1-2H3. The highest BCUT2D eigenvalue weighted by molar-refractivity contribution is 7.98. The van der Waals surface area contributed by atoms with E-state index >= 15 is 0 Å². The summed E-state index contributed by atoms with van der Waals surface area (Å²) in [5.41, 5.74) is -0.596. The molecule has 0 fully saturated rings. The van der Waals surface area contributed by atoms with E-state index in [1.807, 2.05) is 6.26 Å². The minimum Gasteiger partial charge on any atom is -0.341 e. The molecule has 7 heteroatoms. The normalized spacial score (nSPS) is 10.2. The molecule has 18 heavy (non-hydrogen) atoms. The van der Waals surface area contributed by atoms with Crippen molar-refractivity contribution in [3.63, 3.8) is 0 Å². The molecule has 0 bridgehead atoms. The van der Waals surface area contributed by atoms with Gasteiger partial charge in [-0.2, -0.15) is 11.8 Å². The lowest BCUT2D eigenvalue weighted by Crippen LogP contribution is -2.29. The number of hydrogen-bond acceptors (Lipinski definition) is 4. The number of hydrogen-bond donors (Lipinski definition) is 0. The van der Waals surface area contributed by atoms with Crippen LogP contribution in [-0.4, -0.2) is 41.3 Å². The minimum atomic E-state index is -0.685. The molecule has 1 aromatic carbocycles. The van der Waals surface area contributed by atoms with E-state index in [0.29, 0.717) is 12.3 Å². The van der Waals surface area contributed by atoms with E-state index in [1.54, 1.807) is 11.8 Å². The summed E-state index contributed by atoms with van der Waals surface area (Å²) in [6.45, 7) is 0.452. The van der Waals surface area contributed by atoms with Gasteiger partial charge in [0.2, 0.25) is 0 Å². The van der Waals surface area contributed by atoms with Crippen LogP contribution >= 0.6 is 11.8 Å². The van der Waals surface area contributed by atoms with Crippen LogP contribution in [0, 0.1) is 15.9 Å². The number of amides is 1. The zero-order valence-electron chi connectivity index (χ0n) is 10.1. The molecule has 1 rings (SSSR count). The molecule has 0 N–H and O–H groups in total. The van der Waals surface area contributed by atoms with Crippen molar-refractivity contribution in [3.05, 3.63) is 39.7 Å². The molecule has 1 aromatic rings. The molecule has 1 amide bonds. The van der Waals surface area contributed by atoms with Crippen LogP contribution in [0.3, 0.4) is 0 Å². The molecule has 0 saturated heterocycles. The third kappa shape index (κ3) is 3.43. The first kappa shape index (κ1) is 14.4. The molecule has 0 radical (unpaired) electrons. The van der Waals surface area contributed by atoms with Crippen molar-refractivity contribution < 1.29 is 14.1 Å². The van der Waals surface area contributed by atoms with Crippen molar-refractivity contribution >= 4 is 23.4 Å². The van der Waals surface area contributed by atoms with E-state index < -0.39 is 16.6 Å². The predicted molar refractivity (Wildman–Crippen MR) is 68.4 cm³/mol. The first-order valence-electron chi connectivity index (χ1n) is 5.15. The van der Waals surface area contributed by atoms with E-state index in [9.17, 15) is 19.3 Å². The summed E-state index contributed by atoms with van der Waals surface area (Å²) >= 11 is 1.55. The fourth-order valence-electron chi connectivity index (χ4n) is 1.37. The Balaban J connectivity index is 3.03. The highest BCUT2D eigenvalue weighted by Gasteiger charge is 2.23. The zero-order chi connectivity index (χ0) is 13.7. The lowest BCUT2D eigenvalue weighted by atomic mass is 10.1. The summed E-state index contributed by atoms with van der Waals surface area (Å²) in [6.07, 6.45) is 1.89. The quantitative estimate of drug-likeness (QED) is 0.608. The lowest BCUT2D eigenvalue weighted by Gasteiger charge is -2.16. The highest BCUT2D eigenvalue weighted by atomic mass is 32.2. The van der Waals surface area contributed by atoms with Crippen LogP contribution < -0.4 is 0 Å². The molecule has 0 atom stereocenters. The average Bonchev–Trinajstić information content (AvgIpc) is 2.34. The van der Waals surface area contributed by atoms with Gasteiger partial charge in [0.25, 0.3) is 11.6 Å². The first-order chi connectivity index (χ1) is 8.47. The summed E-state index contributed by atoms with van der Waals surface area (Å²) in [7, 11) is 1.53. The molecule has 0 aliphatic rings. The molecule has 0 aliphatic heterocycles. The van der Waals surface area contributed by atoms with Crippen molar-refractivity contribution in [2.75, 3.05) is 25.6 Å². The summed E-state index contributed by atoms with van der Waals surface area (Å²) in [6, 6.07) is 2.87. The number of nitrogens with zero attached hydrogens (tertiary/aromatic N) is 2. The van der Waals surface area contributed by atoms with Gasteiger partial charge in [0.05, 0.1) is 4.92 Å². The van der Waals surface area contributed by atoms with Crippen molar-refractivity contribution in [2.45, 2.75) is 0 Å². The Morgan fingerprint density at radius 1 is 1.56 bits per heavy atom. The predicted octanol–water partition coefficient (Wildman–Crippen LogP) is 2.17. The van der Waals surface area contributed by atoms with Gasteiger partial charge in [-0.15, -0.1) is 0 Å². The molecular weight excluding hydrogens is 259 g/mol. The fourth-order valence-corrected chi connectivity index (χ4v) is 1.83.